The summed E-state index contributed by atoms with van der Waals surface area (Å²) in [6.07, 6.45) is -9.99. The smallest absolute Gasteiger partial charge is 0.425 e. The fourth-order valence-corrected chi connectivity index (χ4v) is 5.17. The maximum atomic E-state index is 15.1. The summed E-state index contributed by atoms with van der Waals surface area (Å²) in [5.74, 6) is -6.02. The second-order valence-electron chi connectivity index (χ2n) is 10.2. The molecule has 1 fully saturated rings. The number of aryl methyl sites for hydroxylation is 1. The van der Waals surface area contributed by atoms with Gasteiger partial charge in [-0.15, -0.1) is 0 Å². The first-order valence-electron chi connectivity index (χ1n) is 13.3. The Morgan fingerprint density at radius 2 is 1.52 bits per heavy atom. The Morgan fingerprint density at radius 1 is 0.810 bits per heavy atom. The summed E-state index contributed by atoms with van der Waals surface area (Å²) in [4.78, 5) is 0. The Kier molecular flexibility index (Phi) is 9.47. The van der Waals surface area contributed by atoms with E-state index in [0.29, 0.717) is 23.3 Å². The van der Waals surface area contributed by atoms with Gasteiger partial charge in [-0.3, -0.25) is 0 Å². The quantitative estimate of drug-likeness (QED) is 0.215. The van der Waals surface area contributed by atoms with Crippen molar-refractivity contribution in [3.05, 3.63) is 95.3 Å². The Morgan fingerprint density at radius 3 is 2.12 bits per heavy atom. The Balaban J connectivity index is 1.38. The summed E-state index contributed by atoms with van der Waals surface area (Å²) in [7, 11) is 0. The van der Waals surface area contributed by atoms with E-state index in [1.807, 2.05) is 6.92 Å². The minimum Gasteiger partial charge on any atom is -0.432 e. The second-order valence-corrected chi connectivity index (χ2v) is 10.2. The molecule has 1 saturated carbocycles. The molecule has 2 nitrogen and oxygen atoms in total. The van der Waals surface area contributed by atoms with Crippen molar-refractivity contribution in [2.75, 3.05) is 0 Å². The lowest BCUT2D eigenvalue weighted by molar-refractivity contribution is -0.222. The number of benzene rings is 3. The summed E-state index contributed by atoms with van der Waals surface area (Å²) in [6.45, 7) is 1.98. The van der Waals surface area contributed by atoms with E-state index in [4.69, 9.17) is 0 Å². The summed E-state index contributed by atoms with van der Waals surface area (Å²) in [6, 6.07) is 10.9. The van der Waals surface area contributed by atoms with Crippen LogP contribution in [0.25, 0.3) is 11.1 Å². The van der Waals surface area contributed by atoms with Crippen molar-refractivity contribution < 1.29 is 49.0 Å². The van der Waals surface area contributed by atoms with Crippen LogP contribution < -0.4 is 9.47 Å². The Labute approximate surface area is 236 Å². The van der Waals surface area contributed by atoms with Crippen molar-refractivity contribution in [2.45, 2.75) is 63.6 Å². The van der Waals surface area contributed by atoms with Crippen molar-refractivity contribution in [1.29, 1.82) is 0 Å². The van der Waals surface area contributed by atoms with E-state index in [1.54, 1.807) is 18.2 Å². The predicted octanol–water partition coefficient (Wildman–Crippen LogP) is 10.4. The van der Waals surface area contributed by atoms with E-state index in [1.165, 1.54) is 18.2 Å². The number of hydrogen-bond donors (Lipinski definition) is 0. The average Bonchev–Trinajstić information content (AvgIpc) is 2.90. The summed E-state index contributed by atoms with van der Waals surface area (Å²) in [5.41, 5.74) is 1.80. The molecule has 0 amide bonds. The molecule has 1 aliphatic carbocycles. The van der Waals surface area contributed by atoms with Gasteiger partial charge in [0.15, 0.2) is 11.6 Å². The molecule has 0 N–H and O–H groups in total. The van der Waals surface area contributed by atoms with Crippen LogP contribution in [0.15, 0.2) is 66.8 Å². The standard InChI is InChI=1S/C31H27F9O2/c1-2-3-18-4-11-24(25(32)14-18)20-7-12-23(26(33)15-20)19-5-8-21(9-6-19)31(39,40)41-22-10-13-28(27(34)16-22)42-30(37,38)17-29(35)36/h4,7,10-17,19,21H,2-3,5-6,8-9H2,1H3. The molecule has 11 heteroatoms. The van der Waals surface area contributed by atoms with Crippen LogP contribution >= 0.6 is 0 Å². The Hall–Kier alpha value is -3.63. The highest BCUT2D eigenvalue weighted by atomic mass is 19.3. The van der Waals surface area contributed by atoms with Crippen LogP contribution in [0, 0.1) is 23.4 Å². The molecule has 0 heterocycles. The van der Waals surface area contributed by atoms with Crippen molar-refractivity contribution in [3.8, 4) is 22.6 Å². The van der Waals surface area contributed by atoms with Crippen LogP contribution in [0.1, 0.15) is 56.1 Å². The van der Waals surface area contributed by atoms with Gasteiger partial charge in [-0.1, -0.05) is 37.6 Å². The van der Waals surface area contributed by atoms with Gasteiger partial charge >= 0.3 is 12.2 Å². The third kappa shape index (κ3) is 7.60. The van der Waals surface area contributed by atoms with Gasteiger partial charge < -0.3 is 9.47 Å². The number of rotatable bonds is 10. The SMILES string of the molecule is CCCc1ccc(-c2ccc(C3CCC(C(F)(F)Oc4ccc(OC(F)(F)C=C(F)F)c(F)c4)CC3)c(F)c2)c(F)c1. The molecule has 1 aliphatic rings. The van der Waals surface area contributed by atoms with Gasteiger partial charge in [-0.25, -0.2) is 13.2 Å². The molecule has 0 spiro atoms. The lowest BCUT2D eigenvalue weighted by atomic mass is 9.77. The average molecular weight is 603 g/mol. The molecule has 3 aromatic rings. The monoisotopic (exact) mass is 602 g/mol. The zero-order valence-electron chi connectivity index (χ0n) is 22.4. The topological polar surface area (TPSA) is 18.5 Å². The fourth-order valence-electron chi connectivity index (χ4n) is 5.17. The van der Waals surface area contributed by atoms with Gasteiger partial charge in [0.05, 0.1) is 12.0 Å². The maximum absolute atomic E-state index is 15.1. The first-order chi connectivity index (χ1) is 19.8. The van der Waals surface area contributed by atoms with E-state index in [0.717, 1.165) is 24.5 Å². The zero-order chi connectivity index (χ0) is 30.7. The number of ether oxygens (including phenoxy) is 2. The summed E-state index contributed by atoms with van der Waals surface area (Å²) >= 11 is 0. The highest BCUT2D eigenvalue weighted by Gasteiger charge is 2.44. The largest absolute Gasteiger partial charge is 0.432 e. The van der Waals surface area contributed by atoms with Crippen LogP contribution in [0.2, 0.25) is 0 Å². The second kappa shape index (κ2) is 12.7. The number of halogens is 9. The van der Waals surface area contributed by atoms with E-state index in [-0.39, 0.29) is 37.2 Å². The van der Waals surface area contributed by atoms with Gasteiger partial charge in [-0.2, -0.15) is 26.3 Å². The highest BCUT2D eigenvalue weighted by molar-refractivity contribution is 5.65. The molecule has 0 aromatic heterocycles. The predicted molar refractivity (Wildman–Crippen MR) is 138 cm³/mol. The van der Waals surface area contributed by atoms with Crippen molar-refractivity contribution in [3.63, 3.8) is 0 Å². The molecule has 42 heavy (non-hydrogen) atoms. The first-order valence-corrected chi connectivity index (χ1v) is 13.3. The Bertz CT molecular complexity index is 1430. The van der Waals surface area contributed by atoms with Gasteiger partial charge in [-0.05, 0) is 79.0 Å². The molecule has 4 rings (SSSR count). The minimum absolute atomic E-state index is 0.0522. The van der Waals surface area contributed by atoms with Crippen LogP contribution in [-0.2, 0) is 6.42 Å². The molecule has 226 valence electrons. The molecular weight excluding hydrogens is 575 g/mol. The van der Waals surface area contributed by atoms with Crippen LogP contribution in [0.5, 0.6) is 11.5 Å². The van der Waals surface area contributed by atoms with Gasteiger partial charge in [0.2, 0.25) is 0 Å². The maximum Gasteiger partial charge on any atom is 0.425 e. The minimum atomic E-state index is -4.53. The van der Waals surface area contributed by atoms with Crippen molar-refractivity contribution in [1.82, 2.24) is 0 Å². The van der Waals surface area contributed by atoms with Crippen LogP contribution in [0.4, 0.5) is 39.5 Å². The molecule has 0 saturated heterocycles. The molecule has 0 unspecified atom stereocenters. The van der Waals surface area contributed by atoms with Crippen LogP contribution in [0.3, 0.4) is 0 Å². The van der Waals surface area contributed by atoms with E-state index >= 15 is 4.39 Å². The molecule has 0 atom stereocenters. The van der Waals surface area contributed by atoms with Gasteiger partial charge in [0, 0.05) is 11.6 Å². The van der Waals surface area contributed by atoms with E-state index in [2.05, 4.69) is 9.47 Å². The normalized spacial score (nSPS) is 17.6. The molecular formula is C31H27F9O2. The fraction of sp³-hybridized carbons (Fsp3) is 0.355. The van der Waals surface area contributed by atoms with E-state index in [9.17, 15) is 35.1 Å². The summed E-state index contributed by atoms with van der Waals surface area (Å²) < 4.78 is 133. The third-order valence-corrected chi connectivity index (χ3v) is 7.21. The molecule has 0 bridgehead atoms. The number of alkyl halides is 4. The van der Waals surface area contributed by atoms with E-state index < -0.39 is 59.2 Å². The molecule has 0 radical (unpaired) electrons. The first kappa shape index (κ1) is 31.3. The number of hydrogen-bond acceptors (Lipinski definition) is 2. The summed E-state index contributed by atoms with van der Waals surface area (Å²) in [5, 5.41) is 0. The van der Waals surface area contributed by atoms with Crippen molar-refractivity contribution in [2.24, 2.45) is 5.92 Å². The van der Waals surface area contributed by atoms with Crippen molar-refractivity contribution >= 4 is 0 Å². The molecule has 3 aromatic carbocycles. The zero-order valence-corrected chi connectivity index (χ0v) is 22.4. The lowest BCUT2D eigenvalue weighted by Crippen LogP contribution is -2.37. The third-order valence-electron chi connectivity index (χ3n) is 7.21. The highest BCUT2D eigenvalue weighted by Crippen LogP contribution is 2.44. The molecule has 0 aliphatic heterocycles. The van der Waals surface area contributed by atoms with Gasteiger partial charge in [0.1, 0.15) is 17.4 Å². The lowest BCUT2D eigenvalue weighted by Gasteiger charge is -2.33. The van der Waals surface area contributed by atoms with Gasteiger partial charge in [0.25, 0.3) is 6.08 Å². The van der Waals surface area contributed by atoms with Crippen LogP contribution in [-0.4, -0.2) is 12.2 Å².